The van der Waals surface area contributed by atoms with Crippen molar-refractivity contribution in [1.82, 2.24) is 4.98 Å². The molecule has 1 amide bonds. The second-order valence-electron chi connectivity index (χ2n) is 5.18. The number of pyridine rings is 1. The van der Waals surface area contributed by atoms with E-state index in [-0.39, 0.29) is 6.61 Å². The molecule has 1 aromatic carbocycles. The molecular weight excluding hydrogens is 367 g/mol. The van der Waals surface area contributed by atoms with Crippen LogP contribution in [0.1, 0.15) is 12.5 Å². The van der Waals surface area contributed by atoms with Crippen LogP contribution in [0.3, 0.4) is 0 Å². The number of aryl methyl sites for hydroxylation is 1. The van der Waals surface area contributed by atoms with Crippen LogP contribution in [0, 0.1) is 6.92 Å². The van der Waals surface area contributed by atoms with Gasteiger partial charge in [-0.15, -0.1) is 0 Å². The first-order valence-electron chi connectivity index (χ1n) is 7.36. The first-order valence-corrected chi connectivity index (χ1v) is 8.11. The van der Waals surface area contributed by atoms with Gasteiger partial charge in [0, 0.05) is 11.2 Å². The van der Waals surface area contributed by atoms with Crippen molar-refractivity contribution in [3.05, 3.63) is 52.1 Å². The lowest BCUT2D eigenvalue weighted by molar-refractivity contribution is -0.155. The molecule has 1 aromatic heterocycles. The van der Waals surface area contributed by atoms with E-state index in [4.69, 9.17) is 32.7 Å². The maximum absolute atomic E-state index is 12.0. The van der Waals surface area contributed by atoms with Gasteiger partial charge in [-0.05, 0) is 49.7 Å². The van der Waals surface area contributed by atoms with E-state index in [1.807, 2.05) is 6.92 Å². The lowest BCUT2D eigenvalue weighted by atomic mass is 10.2. The predicted molar refractivity (Wildman–Crippen MR) is 95.1 cm³/mol. The van der Waals surface area contributed by atoms with Gasteiger partial charge >= 0.3 is 5.97 Å². The highest BCUT2D eigenvalue weighted by molar-refractivity contribution is 6.30. The van der Waals surface area contributed by atoms with Crippen molar-refractivity contribution in [1.29, 1.82) is 0 Å². The molecule has 0 saturated carbocycles. The number of benzene rings is 1. The number of carbonyl (C=O) groups is 2. The molecule has 1 N–H and O–H groups in total. The Morgan fingerprint density at radius 2 is 1.92 bits per heavy atom. The number of aromatic nitrogens is 1. The Morgan fingerprint density at radius 1 is 1.20 bits per heavy atom. The Balaban J connectivity index is 1.82. The third-order valence-electron chi connectivity index (χ3n) is 3.14. The maximum atomic E-state index is 12.0. The predicted octanol–water partition coefficient (Wildman–Crippen LogP) is 3.65. The van der Waals surface area contributed by atoms with Crippen LogP contribution in [-0.4, -0.2) is 29.6 Å². The molecule has 0 aliphatic rings. The highest BCUT2D eigenvalue weighted by Gasteiger charge is 2.19. The van der Waals surface area contributed by atoms with Crippen LogP contribution in [0.5, 0.6) is 5.75 Å². The van der Waals surface area contributed by atoms with Crippen LogP contribution in [0.2, 0.25) is 10.0 Å². The topological polar surface area (TPSA) is 77.5 Å². The van der Waals surface area contributed by atoms with Gasteiger partial charge in [-0.1, -0.05) is 23.2 Å². The summed E-state index contributed by atoms with van der Waals surface area (Å²) >= 11 is 11.6. The summed E-state index contributed by atoms with van der Waals surface area (Å²) in [7, 11) is 0. The number of hydrogen-bond acceptors (Lipinski definition) is 5. The highest BCUT2D eigenvalue weighted by Crippen LogP contribution is 2.21. The standard InChI is InChI=1S/C17H16Cl2N2O4/c1-10-7-12(18)3-5-14(10)24-9-16(22)25-11(2)17(23)21-15-6-4-13(19)8-20-15/h3-8,11H,9H2,1-2H3,(H,20,21,23)/t11-/m0/s1. The van der Waals surface area contributed by atoms with E-state index in [0.29, 0.717) is 21.6 Å². The summed E-state index contributed by atoms with van der Waals surface area (Å²) < 4.78 is 10.4. The molecule has 0 bridgehead atoms. The van der Waals surface area contributed by atoms with Crippen molar-refractivity contribution in [2.45, 2.75) is 20.0 Å². The molecule has 6 nitrogen and oxygen atoms in total. The van der Waals surface area contributed by atoms with Crippen molar-refractivity contribution in [2.75, 3.05) is 11.9 Å². The summed E-state index contributed by atoms with van der Waals surface area (Å²) in [5, 5.41) is 3.55. The Kier molecular flexibility index (Phi) is 6.61. The van der Waals surface area contributed by atoms with Gasteiger partial charge < -0.3 is 14.8 Å². The third kappa shape index (κ3) is 5.92. The summed E-state index contributed by atoms with van der Waals surface area (Å²) in [6, 6.07) is 8.17. The zero-order valence-electron chi connectivity index (χ0n) is 13.6. The number of amides is 1. The Labute approximate surface area is 155 Å². The molecule has 0 unspecified atom stereocenters. The van der Waals surface area contributed by atoms with Crippen molar-refractivity contribution < 1.29 is 19.1 Å². The summed E-state index contributed by atoms with van der Waals surface area (Å²) in [5.41, 5.74) is 0.792. The molecule has 132 valence electrons. The summed E-state index contributed by atoms with van der Waals surface area (Å²) in [6.07, 6.45) is 0.399. The van der Waals surface area contributed by atoms with Gasteiger partial charge in [-0.2, -0.15) is 0 Å². The Bertz CT molecular complexity index is 766. The highest BCUT2D eigenvalue weighted by atomic mass is 35.5. The number of halogens is 2. The number of ether oxygens (including phenoxy) is 2. The van der Waals surface area contributed by atoms with Gasteiger partial charge in [-0.25, -0.2) is 9.78 Å². The van der Waals surface area contributed by atoms with Gasteiger partial charge in [0.2, 0.25) is 0 Å². The fourth-order valence-electron chi connectivity index (χ4n) is 1.87. The smallest absolute Gasteiger partial charge is 0.344 e. The molecule has 1 heterocycles. The summed E-state index contributed by atoms with van der Waals surface area (Å²) in [6.45, 7) is 2.94. The van der Waals surface area contributed by atoms with Crippen LogP contribution in [0.25, 0.3) is 0 Å². The van der Waals surface area contributed by atoms with Gasteiger partial charge in [0.25, 0.3) is 5.91 Å². The van der Waals surface area contributed by atoms with Crippen LogP contribution < -0.4 is 10.1 Å². The van der Waals surface area contributed by atoms with Crippen molar-refractivity contribution in [2.24, 2.45) is 0 Å². The molecule has 1 atom stereocenters. The number of carbonyl (C=O) groups excluding carboxylic acids is 2. The van der Waals surface area contributed by atoms with E-state index in [1.165, 1.54) is 13.1 Å². The normalized spacial score (nSPS) is 11.5. The Morgan fingerprint density at radius 3 is 2.56 bits per heavy atom. The molecular formula is C17H16Cl2N2O4. The minimum absolute atomic E-state index is 0.310. The van der Waals surface area contributed by atoms with E-state index in [1.54, 1.807) is 30.3 Å². The number of anilines is 1. The second-order valence-corrected chi connectivity index (χ2v) is 6.05. The van der Waals surface area contributed by atoms with Crippen molar-refractivity contribution in [3.8, 4) is 5.75 Å². The fraction of sp³-hybridized carbons (Fsp3) is 0.235. The summed E-state index contributed by atoms with van der Waals surface area (Å²) in [4.78, 5) is 27.7. The molecule has 0 fully saturated rings. The van der Waals surface area contributed by atoms with Gasteiger partial charge in [0.15, 0.2) is 12.7 Å². The molecule has 2 aromatic rings. The molecule has 25 heavy (non-hydrogen) atoms. The SMILES string of the molecule is Cc1cc(Cl)ccc1OCC(=O)O[C@@H](C)C(=O)Nc1ccc(Cl)cn1. The molecule has 8 heteroatoms. The molecule has 0 aliphatic heterocycles. The zero-order valence-corrected chi connectivity index (χ0v) is 15.1. The van der Waals surface area contributed by atoms with E-state index >= 15 is 0 Å². The van der Waals surface area contributed by atoms with Gasteiger partial charge in [0.05, 0.1) is 5.02 Å². The fourth-order valence-corrected chi connectivity index (χ4v) is 2.21. The number of nitrogens with zero attached hydrogens (tertiary/aromatic N) is 1. The number of rotatable bonds is 6. The molecule has 0 spiro atoms. The summed E-state index contributed by atoms with van der Waals surface area (Å²) in [5.74, 6) is -0.346. The molecule has 0 radical (unpaired) electrons. The first kappa shape index (κ1) is 19.0. The lowest BCUT2D eigenvalue weighted by Gasteiger charge is -2.14. The molecule has 0 aliphatic carbocycles. The minimum Gasteiger partial charge on any atom is -0.482 e. The average molecular weight is 383 g/mol. The number of hydrogen-bond donors (Lipinski definition) is 1. The molecule has 0 saturated heterocycles. The average Bonchev–Trinajstić information content (AvgIpc) is 2.56. The van der Waals surface area contributed by atoms with Crippen molar-refractivity contribution >= 4 is 40.9 Å². The van der Waals surface area contributed by atoms with E-state index < -0.39 is 18.0 Å². The van der Waals surface area contributed by atoms with Crippen LogP contribution in [0.4, 0.5) is 5.82 Å². The lowest BCUT2D eigenvalue weighted by Crippen LogP contribution is -2.32. The largest absolute Gasteiger partial charge is 0.482 e. The maximum Gasteiger partial charge on any atom is 0.344 e. The zero-order chi connectivity index (χ0) is 18.4. The number of nitrogens with one attached hydrogen (secondary N) is 1. The number of esters is 1. The quantitative estimate of drug-likeness (QED) is 0.771. The minimum atomic E-state index is -1.00. The van der Waals surface area contributed by atoms with E-state index in [2.05, 4.69) is 10.3 Å². The third-order valence-corrected chi connectivity index (χ3v) is 3.60. The van der Waals surface area contributed by atoms with E-state index in [0.717, 1.165) is 5.56 Å². The van der Waals surface area contributed by atoms with Crippen molar-refractivity contribution in [3.63, 3.8) is 0 Å². The monoisotopic (exact) mass is 382 g/mol. The van der Waals surface area contributed by atoms with E-state index in [9.17, 15) is 9.59 Å². The van der Waals surface area contributed by atoms with Crippen LogP contribution in [-0.2, 0) is 14.3 Å². The van der Waals surface area contributed by atoms with Crippen LogP contribution in [0.15, 0.2) is 36.5 Å². The second kappa shape index (κ2) is 8.69. The van der Waals surface area contributed by atoms with Crippen LogP contribution >= 0.6 is 23.2 Å². The Hall–Kier alpha value is -2.31. The first-order chi connectivity index (χ1) is 11.8. The van der Waals surface area contributed by atoms with Gasteiger partial charge in [0.1, 0.15) is 11.6 Å². The van der Waals surface area contributed by atoms with Gasteiger partial charge in [-0.3, -0.25) is 4.79 Å². The molecule has 2 rings (SSSR count).